The Morgan fingerprint density at radius 3 is 2.29 bits per heavy atom. The molecule has 2 aromatic carbocycles. The van der Waals surface area contributed by atoms with Crippen molar-refractivity contribution >= 4 is 5.97 Å². The van der Waals surface area contributed by atoms with Crippen LogP contribution in [0.1, 0.15) is 40.2 Å². The number of carbonyl (C=O) groups is 1. The zero-order chi connectivity index (χ0) is 14.7. The molecule has 1 fully saturated rings. The summed E-state index contributed by atoms with van der Waals surface area (Å²) in [4.78, 5) is 11.3. The summed E-state index contributed by atoms with van der Waals surface area (Å²) in [6.45, 7) is 0.530. The second-order valence-corrected chi connectivity index (χ2v) is 5.32. The van der Waals surface area contributed by atoms with E-state index in [0.29, 0.717) is 12.2 Å². The fourth-order valence-electron chi connectivity index (χ4n) is 2.27. The molecule has 3 rings (SSSR count). The van der Waals surface area contributed by atoms with Gasteiger partial charge in [-0.15, -0.1) is 0 Å². The molecule has 0 bridgehead atoms. The van der Waals surface area contributed by atoms with Crippen LogP contribution in [-0.2, 0) is 11.3 Å². The molecule has 108 valence electrons. The van der Waals surface area contributed by atoms with E-state index in [2.05, 4.69) is 29.0 Å². The number of carbonyl (C=O) groups excluding carboxylic acids is 1. The third kappa shape index (κ3) is 3.43. The summed E-state index contributed by atoms with van der Waals surface area (Å²) in [5, 5.41) is 0. The average molecular weight is 282 g/mol. The maximum atomic E-state index is 11.3. The molecule has 0 saturated heterocycles. The molecule has 0 unspecified atom stereocenters. The van der Waals surface area contributed by atoms with Gasteiger partial charge in [0.2, 0.25) is 0 Å². The van der Waals surface area contributed by atoms with Crippen LogP contribution in [0.15, 0.2) is 48.5 Å². The van der Waals surface area contributed by atoms with E-state index in [1.165, 1.54) is 25.5 Å². The first-order valence-electron chi connectivity index (χ1n) is 7.16. The van der Waals surface area contributed by atoms with Gasteiger partial charge in [-0.25, -0.2) is 4.79 Å². The smallest absolute Gasteiger partial charge is 0.337 e. The Morgan fingerprint density at radius 2 is 1.71 bits per heavy atom. The molecular formula is C18H18O3. The molecule has 0 amide bonds. The minimum Gasteiger partial charge on any atom is -0.489 e. The van der Waals surface area contributed by atoms with E-state index in [-0.39, 0.29) is 5.97 Å². The lowest BCUT2D eigenvalue weighted by atomic mass is 10.1. The molecule has 3 nitrogen and oxygen atoms in total. The predicted molar refractivity (Wildman–Crippen MR) is 80.5 cm³/mol. The normalized spacial score (nSPS) is 13.8. The van der Waals surface area contributed by atoms with Gasteiger partial charge < -0.3 is 9.47 Å². The molecule has 0 atom stereocenters. The lowest BCUT2D eigenvalue weighted by Gasteiger charge is -2.07. The zero-order valence-electron chi connectivity index (χ0n) is 12.0. The SMILES string of the molecule is COC(=O)c1ccc(OCc2ccc(C3CC3)cc2)cc1. The third-order valence-corrected chi connectivity index (χ3v) is 3.71. The topological polar surface area (TPSA) is 35.5 Å². The molecule has 2 aromatic rings. The van der Waals surface area contributed by atoms with Gasteiger partial charge in [0.1, 0.15) is 12.4 Å². The molecular weight excluding hydrogens is 264 g/mol. The van der Waals surface area contributed by atoms with Crippen molar-refractivity contribution in [1.29, 1.82) is 0 Å². The molecule has 0 N–H and O–H groups in total. The van der Waals surface area contributed by atoms with Gasteiger partial charge in [0.15, 0.2) is 0 Å². The Hall–Kier alpha value is -2.29. The van der Waals surface area contributed by atoms with Gasteiger partial charge in [0.05, 0.1) is 12.7 Å². The number of rotatable bonds is 5. The summed E-state index contributed by atoms with van der Waals surface area (Å²) in [7, 11) is 1.37. The van der Waals surface area contributed by atoms with Crippen LogP contribution in [0, 0.1) is 0 Å². The van der Waals surface area contributed by atoms with Crippen molar-refractivity contribution < 1.29 is 14.3 Å². The van der Waals surface area contributed by atoms with E-state index in [1.807, 2.05) is 0 Å². The number of methoxy groups -OCH3 is 1. The second kappa shape index (κ2) is 6.00. The largest absolute Gasteiger partial charge is 0.489 e. The van der Waals surface area contributed by atoms with E-state index >= 15 is 0 Å². The second-order valence-electron chi connectivity index (χ2n) is 5.32. The summed E-state index contributed by atoms with van der Waals surface area (Å²) in [5.41, 5.74) is 3.11. The van der Waals surface area contributed by atoms with Crippen molar-refractivity contribution in [3.63, 3.8) is 0 Å². The van der Waals surface area contributed by atoms with Gasteiger partial charge in [-0.05, 0) is 54.2 Å². The van der Waals surface area contributed by atoms with Crippen molar-refractivity contribution in [2.24, 2.45) is 0 Å². The fraction of sp³-hybridized carbons (Fsp3) is 0.278. The van der Waals surface area contributed by atoms with Crippen molar-refractivity contribution in [3.8, 4) is 5.75 Å². The standard InChI is InChI=1S/C18H18O3/c1-20-18(19)16-8-10-17(11-9-16)21-12-13-2-4-14(5-3-13)15-6-7-15/h2-5,8-11,15H,6-7,12H2,1H3. The Labute approximate surface area is 124 Å². The van der Waals surface area contributed by atoms with Crippen molar-refractivity contribution in [2.75, 3.05) is 7.11 Å². The number of benzene rings is 2. The summed E-state index contributed by atoms with van der Waals surface area (Å²) < 4.78 is 10.4. The molecule has 0 aliphatic heterocycles. The highest BCUT2D eigenvalue weighted by Crippen LogP contribution is 2.39. The number of hydrogen-bond donors (Lipinski definition) is 0. The molecule has 0 aromatic heterocycles. The maximum Gasteiger partial charge on any atom is 0.337 e. The van der Waals surface area contributed by atoms with Gasteiger partial charge in [-0.1, -0.05) is 24.3 Å². The number of hydrogen-bond acceptors (Lipinski definition) is 3. The van der Waals surface area contributed by atoms with Gasteiger partial charge in [-0.3, -0.25) is 0 Å². The van der Waals surface area contributed by atoms with E-state index in [9.17, 15) is 4.79 Å². The summed E-state index contributed by atoms with van der Waals surface area (Å²) in [5.74, 6) is 1.19. The lowest BCUT2D eigenvalue weighted by Crippen LogP contribution is -2.01. The molecule has 1 aliphatic rings. The van der Waals surface area contributed by atoms with Gasteiger partial charge in [-0.2, -0.15) is 0 Å². The van der Waals surface area contributed by atoms with E-state index in [1.54, 1.807) is 24.3 Å². The van der Waals surface area contributed by atoms with Crippen molar-refractivity contribution in [1.82, 2.24) is 0 Å². The number of ether oxygens (including phenoxy) is 2. The Kier molecular flexibility index (Phi) is 3.91. The monoisotopic (exact) mass is 282 g/mol. The van der Waals surface area contributed by atoms with Gasteiger partial charge >= 0.3 is 5.97 Å². The highest BCUT2D eigenvalue weighted by molar-refractivity contribution is 5.89. The van der Waals surface area contributed by atoms with E-state index in [4.69, 9.17) is 4.74 Å². The van der Waals surface area contributed by atoms with Crippen LogP contribution in [0.2, 0.25) is 0 Å². The van der Waals surface area contributed by atoms with Gasteiger partial charge in [0.25, 0.3) is 0 Å². The molecule has 1 aliphatic carbocycles. The van der Waals surface area contributed by atoms with E-state index < -0.39 is 0 Å². The number of esters is 1. The molecule has 21 heavy (non-hydrogen) atoms. The van der Waals surface area contributed by atoms with Crippen LogP contribution in [0.25, 0.3) is 0 Å². The summed E-state index contributed by atoms with van der Waals surface area (Å²) in [6.07, 6.45) is 2.64. The van der Waals surface area contributed by atoms with Crippen molar-refractivity contribution in [3.05, 3.63) is 65.2 Å². The maximum absolute atomic E-state index is 11.3. The lowest BCUT2D eigenvalue weighted by molar-refractivity contribution is 0.0600. The molecule has 0 heterocycles. The van der Waals surface area contributed by atoms with Crippen LogP contribution >= 0.6 is 0 Å². The first kappa shape index (κ1) is 13.7. The zero-order valence-corrected chi connectivity index (χ0v) is 12.0. The van der Waals surface area contributed by atoms with E-state index in [0.717, 1.165) is 17.2 Å². The molecule has 0 spiro atoms. The fourth-order valence-corrected chi connectivity index (χ4v) is 2.27. The van der Waals surface area contributed by atoms with Crippen molar-refractivity contribution in [2.45, 2.75) is 25.4 Å². The van der Waals surface area contributed by atoms with Crippen LogP contribution in [-0.4, -0.2) is 13.1 Å². The quantitative estimate of drug-likeness (QED) is 0.779. The summed E-state index contributed by atoms with van der Waals surface area (Å²) in [6, 6.07) is 15.6. The minimum atomic E-state index is -0.336. The van der Waals surface area contributed by atoms with Gasteiger partial charge in [0, 0.05) is 0 Å². The Balaban J connectivity index is 1.57. The van der Waals surface area contributed by atoms with Crippen LogP contribution in [0.4, 0.5) is 0 Å². The predicted octanol–water partition coefficient (Wildman–Crippen LogP) is 3.93. The van der Waals surface area contributed by atoms with Crippen LogP contribution in [0.3, 0.4) is 0 Å². The van der Waals surface area contributed by atoms with Crippen LogP contribution < -0.4 is 4.74 Å². The summed E-state index contributed by atoms with van der Waals surface area (Å²) >= 11 is 0. The van der Waals surface area contributed by atoms with Crippen LogP contribution in [0.5, 0.6) is 5.75 Å². The third-order valence-electron chi connectivity index (χ3n) is 3.71. The Morgan fingerprint density at radius 1 is 1.05 bits per heavy atom. The highest BCUT2D eigenvalue weighted by atomic mass is 16.5. The first-order chi connectivity index (χ1) is 10.3. The average Bonchev–Trinajstić information content (AvgIpc) is 3.38. The Bertz CT molecular complexity index is 610. The molecule has 3 heteroatoms. The molecule has 0 radical (unpaired) electrons. The highest BCUT2D eigenvalue weighted by Gasteiger charge is 2.22. The minimum absolute atomic E-state index is 0.336. The molecule has 1 saturated carbocycles. The first-order valence-corrected chi connectivity index (χ1v) is 7.16.